The number of nitrogens with zero attached hydrogens (tertiary/aromatic N) is 1. The van der Waals surface area contributed by atoms with E-state index in [4.69, 9.17) is 4.74 Å². The van der Waals surface area contributed by atoms with E-state index in [1.807, 2.05) is 43.3 Å². The van der Waals surface area contributed by atoms with Gasteiger partial charge in [0.2, 0.25) is 0 Å². The fraction of sp³-hybridized carbons (Fsp3) is 0.143. The lowest BCUT2D eigenvalue weighted by atomic mass is 10.1. The molecule has 0 aromatic heterocycles. The van der Waals surface area contributed by atoms with Gasteiger partial charge >= 0.3 is 6.03 Å². The van der Waals surface area contributed by atoms with Crippen LogP contribution in [0.25, 0.3) is 6.08 Å². The summed E-state index contributed by atoms with van der Waals surface area (Å²) in [5.74, 6) is 0.338. The van der Waals surface area contributed by atoms with Crippen LogP contribution in [0.5, 0.6) is 5.75 Å². The first-order valence-electron chi connectivity index (χ1n) is 8.41. The second-order valence-corrected chi connectivity index (χ2v) is 7.01. The van der Waals surface area contributed by atoms with Crippen LogP contribution in [-0.4, -0.2) is 23.4 Å². The molecule has 1 aliphatic rings. The third kappa shape index (κ3) is 4.46. The molecule has 1 saturated heterocycles. The smallest absolute Gasteiger partial charge is 0.329 e. The first kappa shape index (κ1) is 18.9. The molecule has 1 heterocycles. The molecule has 2 aromatic rings. The lowest BCUT2D eigenvalue weighted by molar-refractivity contribution is -0.122. The lowest BCUT2D eigenvalue weighted by Crippen LogP contribution is -2.30. The SMILES string of the molecule is C=CCN1C(=O)N/C(=C/c2ccc(OCc3cccc(C)c3)c(Br)c2)C1=O. The Bertz CT molecular complexity index is 937. The zero-order chi connectivity index (χ0) is 19.4. The van der Waals surface area contributed by atoms with E-state index in [0.29, 0.717) is 12.4 Å². The van der Waals surface area contributed by atoms with Crippen LogP contribution in [-0.2, 0) is 11.4 Å². The predicted octanol–water partition coefficient (Wildman–Crippen LogP) is 4.42. The first-order chi connectivity index (χ1) is 13.0. The van der Waals surface area contributed by atoms with Crippen LogP contribution in [0.4, 0.5) is 4.79 Å². The first-order valence-corrected chi connectivity index (χ1v) is 9.20. The van der Waals surface area contributed by atoms with Crippen LogP contribution in [0.1, 0.15) is 16.7 Å². The molecule has 0 saturated carbocycles. The molecule has 1 N–H and O–H groups in total. The Balaban J connectivity index is 1.72. The van der Waals surface area contributed by atoms with Gasteiger partial charge in [0.15, 0.2) is 0 Å². The zero-order valence-electron chi connectivity index (χ0n) is 14.9. The second-order valence-electron chi connectivity index (χ2n) is 6.16. The monoisotopic (exact) mass is 426 g/mol. The molecule has 2 aromatic carbocycles. The number of nitrogens with one attached hydrogen (secondary N) is 1. The molecule has 27 heavy (non-hydrogen) atoms. The molecule has 5 nitrogen and oxygen atoms in total. The molecule has 0 radical (unpaired) electrons. The van der Waals surface area contributed by atoms with Crippen LogP contribution >= 0.6 is 15.9 Å². The maximum atomic E-state index is 12.2. The fourth-order valence-corrected chi connectivity index (χ4v) is 3.23. The molecule has 3 amide bonds. The lowest BCUT2D eigenvalue weighted by Gasteiger charge is -2.10. The highest BCUT2D eigenvalue weighted by Crippen LogP contribution is 2.28. The van der Waals surface area contributed by atoms with Gasteiger partial charge in [-0.3, -0.25) is 9.69 Å². The van der Waals surface area contributed by atoms with Gasteiger partial charge < -0.3 is 10.1 Å². The standard InChI is InChI=1S/C21H19BrN2O3/c1-3-9-24-20(25)18(23-21(24)26)12-15-7-8-19(17(22)11-15)27-13-16-6-4-5-14(2)10-16/h3-8,10-12H,1,9,13H2,2H3,(H,23,26)/b18-12+. The Kier molecular flexibility index (Phi) is 5.76. The van der Waals surface area contributed by atoms with E-state index < -0.39 is 6.03 Å². The minimum absolute atomic E-state index is 0.178. The number of carbonyl (C=O) groups is 2. The van der Waals surface area contributed by atoms with Crippen molar-refractivity contribution in [3.8, 4) is 5.75 Å². The van der Waals surface area contributed by atoms with E-state index >= 15 is 0 Å². The molecule has 0 aliphatic carbocycles. The maximum Gasteiger partial charge on any atom is 0.329 e. The van der Waals surface area contributed by atoms with E-state index in [1.54, 1.807) is 6.08 Å². The summed E-state index contributed by atoms with van der Waals surface area (Å²) < 4.78 is 6.63. The largest absolute Gasteiger partial charge is 0.488 e. The number of urea groups is 1. The van der Waals surface area contributed by atoms with Crippen LogP contribution in [0.15, 0.2) is 65.3 Å². The molecule has 3 rings (SSSR count). The summed E-state index contributed by atoms with van der Waals surface area (Å²) in [6.07, 6.45) is 3.15. The van der Waals surface area contributed by atoms with Crippen LogP contribution in [0.2, 0.25) is 0 Å². The van der Waals surface area contributed by atoms with Crippen molar-refractivity contribution in [2.45, 2.75) is 13.5 Å². The summed E-state index contributed by atoms with van der Waals surface area (Å²) in [4.78, 5) is 25.2. The van der Waals surface area contributed by atoms with Crippen molar-refractivity contribution in [3.63, 3.8) is 0 Å². The van der Waals surface area contributed by atoms with Gasteiger partial charge in [0.05, 0.1) is 4.47 Å². The Morgan fingerprint density at radius 3 is 2.74 bits per heavy atom. The number of aryl methyl sites for hydroxylation is 1. The molecule has 1 aliphatic heterocycles. The molecular formula is C21H19BrN2O3. The van der Waals surface area contributed by atoms with Crippen molar-refractivity contribution in [1.82, 2.24) is 10.2 Å². The Labute approximate surface area is 166 Å². The number of amides is 3. The van der Waals surface area contributed by atoms with Crippen LogP contribution in [0, 0.1) is 6.92 Å². The summed E-state index contributed by atoms with van der Waals surface area (Å²) in [5, 5.41) is 2.58. The van der Waals surface area contributed by atoms with Crippen molar-refractivity contribution in [2.24, 2.45) is 0 Å². The molecule has 0 spiro atoms. The summed E-state index contributed by atoms with van der Waals surface area (Å²) in [6, 6.07) is 13.2. The normalized spacial score (nSPS) is 15.2. The molecule has 0 bridgehead atoms. The van der Waals surface area contributed by atoms with Gasteiger partial charge in [-0.15, -0.1) is 6.58 Å². The summed E-state index contributed by atoms with van der Waals surface area (Å²) in [7, 11) is 0. The predicted molar refractivity (Wildman–Crippen MR) is 108 cm³/mol. The number of benzene rings is 2. The molecule has 0 unspecified atom stereocenters. The number of hydrogen-bond acceptors (Lipinski definition) is 3. The highest BCUT2D eigenvalue weighted by atomic mass is 79.9. The minimum atomic E-state index is -0.441. The van der Waals surface area contributed by atoms with Gasteiger partial charge in [0.1, 0.15) is 18.1 Å². The number of halogens is 1. The highest BCUT2D eigenvalue weighted by molar-refractivity contribution is 9.10. The number of hydrogen-bond donors (Lipinski definition) is 1. The van der Waals surface area contributed by atoms with Gasteiger partial charge in [0.25, 0.3) is 5.91 Å². The molecular weight excluding hydrogens is 408 g/mol. The Morgan fingerprint density at radius 2 is 2.04 bits per heavy atom. The van der Waals surface area contributed by atoms with Gasteiger partial charge in [-0.25, -0.2) is 4.79 Å². The van der Waals surface area contributed by atoms with Gasteiger partial charge in [0, 0.05) is 6.54 Å². The number of imide groups is 1. The van der Waals surface area contributed by atoms with Crippen molar-refractivity contribution in [2.75, 3.05) is 6.54 Å². The quantitative estimate of drug-likeness (QED) is 0.422. The number of rotatable bonds is 6. The van der Waals surface area contributed by atoms with Gasteiger partial charge in [-0.05, 0) is 52.2 Å². The van der Waals surface area contributed by atoms with Crippen molar-refractivity contribution < 1.29 is 14.3 Å². The summed E-state index contributed by atoms with van der Waals surface area (Å²) in [5.41, 5.74) is 3.29. The third-order valence-corrected chi connectivity index (χ3v) is 4.64. The average molecular weight is 427 g/mol. The van der Waals surface area contributed by atoms with Crippen LogP contribution in [0.3, 0.4) is 0 Å². The molecule has 0 atom stereocenters. The van der Waals surface area contributed by atoms with E-state index in [-0.39, 0.29) is 18.1 Å². The Hall–Kier alpha value is -2.86. The number of ether oxygens (including phenoxy) is 1. The van der Waals surface area contributed by atoms with E-state index in [1.165, 1.54) is 11.6 Å². The molecule has 1 fully saturated rings. The molecule has 6 heteroatoms. The molecule has 138 valence electrons. The minimum Gasteiger partial charge on any atom is -0.488 e. The Morgan fingerprint density at radius 1 is 1.22 bits per heavy atom. The van der Waals surface area contributed by atoms with Crippen molar-refractivity contribution >= 4 is 33.9 Å². The third-order valence-electron chi connectivity index (χ3n) is 4.02. The summed E-state index contributed by atoms with van der Waals surface area (Å²) in [6.45, 7) is 6.24. The number of carbonyl (C=O) groups excluding carboxylic acids is 2. The van der Waals surface area contributed by atoms with Crippen molar-refractivity contribution in [3.05, 3.63) is 82.0 Å². The zero-order valence-corrected chi connectivity index (χ0v) is 16.5. The van der Waals surface area contributed by atoms with Gasteiger partial charge in [-0.1, -0.05) is 42.0 Å². The van der Waals surface area contributed by atoms with E-state index in [9.17, 15) is 9.59 Å². The van der Waals surface area contributed by atoms with E-state index in [2.05, 4.69) is 33.9 Å². The van der Waals surface area contributed by atoms with Crippen molar-refractivity contribution in [1.29, 1.82) is 0 Å². The second kappa shape index (κ2) is 8.22. The fourth-order valence-electron chi connectivity index (χ4n) is 2.72. The van der Waals surface area contributed by atoms with E-state index in [0.717, 1.165) is 20.5 Å². The maximum absolute atomic E-state index is 12.2. The topological polar surface area (TPSA) is 58.6 Å². The highest BCUT2D eigenvalue weighted by Gasteiger charge is 2.32. The van der Waals surface area contributed by atoms with Gasteiger partial charge in [-0.2, -0.15) is 0 Å². The van der Waals surface area contributed by atoms with Crippen LogP contribution < -0.4 is 10.1 Å². The summed E-state index contributed by atoms with van der Waals surface area (Å²) >= 11 is 3.50. The average Bonchev–Trinajstić information content (AvgIpc) is 2.89.